The first-order valence-corrected chi connectivity index (χ1v) is 12.5. The predicted octanol–water partition coefficient (Wildman–Crippen LogP) is 3.87. The van der Waals surface area contributed by atoms with Crippen molar-refractivity contribution in [3.63, 3.8) is 0 Å². The number of likely N-dealkylation sites (N-methyl/N-ethyl adjacent to an activating group) is 1. The molecule has 1 aliphatic heterocycles. The van der Waals surface area contributed by atoms with Crippen molar-refractivity contribution in [1.29, 1.82) is 0 Å². The highest BCUT2D eigenvalue weighted by Gasteiger charge is 2.18. The van der Waals surface area contributed by atoms with E-state index in [4.69, 9.17) is 0 Å². The average molecular weight is 489 g/mol. The van der Waals surface area contributed by atoms with E-state index in [1.54, 1.807) is 29.5 Å². The van der Waals surface area contributed by atoms with Crippen molar-refractivity contribution in [3.8, 4) is 0 Å². The fourth-order valence-corrected chi connectivity index (χ4v) is 4.92. The van der Waals surface area contributed by atoms with Gasteiger partial charge in [0, 0.05) is 53.3 Å². The molecule has 180 valence electrons. The Hall–Kier alpha value is -3.69. The number of piperazine rings is 1. The van der Waals surface area contributed by atoms with Gasteiger partial charge in [-0.1, -0.05) is 6.07 Å². The number of fused-ring (bicyclic) bond motifs is 1. The zero-order chi connectivity index (χ0) is 24.4. The molecule has 0 atom stereocenters. The molecule has 9 heteroatoms. The van der Waals surface area contributed by atoms with E-state index >= 15 is 0 Å². The van der Waals surface area contributed by atoms with E-state index in [0.29, 0.717) is 28.9 Å². The normalized spacial score (nSPS) is 14.3. The number of benzene rings is 2. The molecule has 1 aliphatic rings. The summed E-state index contributed by atoms with van der Waals surface area (Å²) in [4.78, 5) is 31.5. The van der Waals surface area contributed by atoms with Gasteiger partial charge in [0.25, 0.3) is 11.8 Å². The lowest BCUT2D eigenvalue weighted by Gasteiger charge is -2.34. The van der Waals surface area contributed by atoms with Gasteiger partial charge in [0.1, 0.15) is 0 Å². The average Bonchev–Trinajstić information content (AvgIpc) is 3.53. The fraction of sp³-hybridized carbons (Fsp3) is 0.269. The second-order valence-corrected chi connectivity index (χ2v) is 9.87. The molecular formula is C26H28N6O2S. The molecular weight excluding hydrogens is 460 g/mol. The van der Waals surface area contributed by atoms with Gasteiger partial charge in [0.15, 0.2) is 5.82 Å². The van der Waals surface area contributed by atoms with E-state index < -0.39 is 0 Å². The molecule has 0 radical (unpaired) electrons. The number of aryl methyl sites for hydroxylation is 1. The Morgan fingerprint density at radius 1 is 1.06 bits per heavy atom. The van der Waals surface area contributed by atoms with Gasteiger partial charge in [0.2, 0.25) is 0 Å². The van der Waals surface area contributed by atoms with Crippen LogP contribution in [0.5, 0.6) is 0 Å². The van der Waals surface area contributed by atoms with Crippen LogP contribution in [0, 0.1) is 6.92 Å². The number of nitrogens with one attached hydrogen (secondary N) is 3. The van der Waals surface area contributed by atoms with Crippen molar-refractivity contribution in [2.24, 2.45) is 0 Å². The van der Waals surface area contributed by atoms with Gasteiger partial charge in [-0.05, 0) is 67.4 Å². The van der Waals surface area contributed by atoms with Crippen LogP contribution in [0.25, 0.3) is 10.9 Å². The minimum atomic E-state index is -0.228. The third kappa shape index (κ3) is 5.06. The van der Waals surface area contributed by atoms with Crippen molar-refractivity contribution >= 4 is 45.6 Å². The summed E-state index contributed by atoms with van der Waals surface area (Å²) >= 11 is 1.60. The largest absolute Gasteiger partial charge is 0.369 e. The third-order valence-corrected chi connectivity index (χ3v) is 7.26. The Labute approximate surface area is 207 Å². The predicted molar refractivity (Wildman–Crippen MR) is 140 cm³/mol. The summed E-state index contributed by atoms with van der Waals surface area (Å²) < 4.78 is 0. The smallest absolute Gasteiger partial charge is 0.257 e. The molecule has 0 aliphatic carbocycles. The number of rotatable bonds is 6. The summed E-state index contributed by atoms with van der Waals surface area (Å²) in [6.07, 6.45) is 0. The van der Waals surface area contributed by atoms with E-state index in [1.807, 2.05) is 36.6 Å². The lowest BCUT2D eigenvalue weighted by molar-refractivity contribution is 0.0950. The number of nitrogens with zero attached hydrogens (tertiary/aromatic N) is 3. The van der Waals surface area contributed by atoms with Crippen LogP contribution in [0.2, 0.25) is 0 Å². The molecule has 0 spiro atoms. The summed E-state index contributed by atoms with van der Waals surface area (Å²) in [5.41, 5.74) is 3.91. The number of carbonyl (C=O) groups is 2. The van der Waals surface area contributed by atoms with Crippen LogP contribution in [0.1, 0.15) is 31.2 Å². The molecule has 3 N–H and O–H groups in total. The highest BCUT2D eigenvalue weighted by Crippen LogP contribution is 2.25. The lowest BCUT2D eigenvalue weighted by Crippen LogP contribution is -2.44. The van der Waals surface area contributed by atoms with Crippen molar-refractivity contribution in [2.45, 2.75) is 13.5 Å². The van der Waals surface area contributed by atoms with Crippen LogP contribution in [-0.2, 0) is 6.54 Å². The number of amides is 2. The van der Waals surface area contributed by atoms with Gasteiger partial charge in [-0.3, -0.25) is 14.7 Å². The summed E-state index contributed by atoms with van der Waals surface area (Å²) in [6, 6.07) is 15.2. The lowest BCUT2D eigenvalue weighted by atomic mass is 10.1. The Bertz CT molecular complexity index is 1360. The maximum absolute atomic E-state index is 13.1. The van der Waals surface area contributed by atoms with Gasteiger partial charge in [-0.2, -0.15) is 5.10 Å². The monoisotopic (exact) mass is 488 g/mol. The zero-order valence-corrected chi connectivity index (χ0v) is 20.6. The number of aromatic amines is 1. The molecule has 0 bridgehead atoms. The van der Waals surface area contributed by atoms with Crippen molar-refractivity contribution in [2.75, 3.05) is 43.4 Å². The molecule has 5 rings (SSSR count). The zero-order valence-electron chi connectivity index (χ0n) is 19.8. The van der Waals surface area contributed by atoms with Crippen LogP contribution in [-0.4, -0.2) is 60.1 Å². The maximum atomic E-state index is 13.1. The minimum absolute atomic E-state index is 0.172. The molecule has 0 unspecified atom stereocenters. The van der Waals surface area contributed by atoms with Crippen molar-refractivity contribution < 1.29 is 9.59 Å². The Kier molecular flexibility index (Phi) is 6.52. The number of thiophene rings is 1. The summed E-state index contributed by atoms with van der Waals surface area (Å²) in [5, 5.41) is 15.7. The fourth-order valence-electron chi connectivity index (χ4n) is 4.27. The minimum Gasteiger partial charge on any atom is -0.369 e. The molecule has 3 heterocycles. The summed E-state index contributed by atoms with van der Waals surface area (Å²) in [7, 11) is 2.13. The standard InChI is InChI=1S/C26H28N6O2S/c1-17-14-19(32-11-9-31(2)10-12-32)6-7-21(17)26(34)28-24-22-15-18(5-8-23(22)29-30-24)25(33)27-16-20-4-3-13-35-20/h3-8,13-15H,9-12,16H2,1-2H3,(H,27,33)(H2,28,29,30,34). The first kappa shape index (κ1) is 23.1. The van der Waals surface area contributed by atoms with Gasteiger partial charge in [-0.15, -0.1) is 11.3 Å². The maximum Gasteiger partial charge on any atom is 0.257 e. The van der Waals surface area contributed by atoms with E-state index in [-0.39, 0.29) is 11.8 Å². The highest BCUT2D eigenvalue weighted by atomic mass is 32.1. The van der Waals surface area contributed by atoms with Gasteiger partial charge >= 0.3 is 0 Å². The van der Waals surface area contributed by atoms with Crippen molar-refractivity contribution in [1.82, 2.24) is 20.4 Å². The first-order chi connectivity index (χ1) is 17.0. The number of hydrogen-bond donors (Lipinski definition) is 3. The molecule has 8 nitrogen and oxygen atoms in total. The van der Waals surface area contributed by atoms with E-state index in [1.165, 1.54) is 0 Å². The molecule has 2 aromatic heterocycles. The SMILES string of the molecule is Cc1cc(N2CCN(C)CC2)ccc1C(=O)Nc1n[nH]c2ccc(C(=O)NCc3cccs3)cc12. The van der Waals surface area contributed by atoms with Crippen LogP contribution < -0.4 is 15.5 Å². The number of aromatic nitrogens is 2. The van der Waals surface area contributed by atoms with Crippen LogP contribution in [0.15, 0.2) is 53.9 Å². The van der Waals surface area contributed by atoms with Gasteiger partial charge in [-0.25, -0.2) is 0 Å². The number of H-pyrrole nitrogens is 1. The van der Waals surface area contributed by atoms with Crippen LogP contribution >= 0.6 is 11.3 Å². The number of hydrogen-bond acceptors (Lipinski definition) is 6. The van der Waals surface area contributed by atoms with E-state index in [9.17, 15) is 9.59 Å². The van der Waals surface area contributed by atoms with Crippen molar-refractivity contribution in [3.05, 3.63) is 75.5 Å². The quantitative estimate of drug-likeness (QED) is 0.383. The molecule has 1 fully saturated rings. The topological polar surface area (TPSA) is 93.4 Å². The number of carbonyl (C=O) groups excluding carboxylic acids is 2. The highest BCUT2D eigenvalue weighted by molar-refractivity contribution is 7.09. The summed E-state index contributed by atoms with van der Waals surface area (Å²) in [5.74, 6) is 0.00273. The molecule has 0 saturated carbocycles. The molecule has 35 heavy (non-hydrogen) atoms. The number of anilines is 2. The first-order valence-electron chi connectivity index (χ1n) is 11.6. The van der Waals surface area contributed by atoms with Crippen LogP contribution in [0.4, 0.5) is 11.5 Å². The molecule has 4 aromatic rings. The van der Waals surface area contributed by atoms with Gasteiger partial charge < -0.3 is 20.4 Å². The Balaban J connectivity index is 1.30. The van der Waals surface area contributed by atoms with Crippen LogP contribution in [0.3, 0.4) is 0 Å². The second-order valence-electron chi connectivity index (χ2n) is 8.84. The van der Waals surface area contributed by atoms with Gasteiger partial charge in [0.05, 0.1) is 12.1 Å². The third-order valence-electron chi connectivity index (χ3n) is 6.38. The summed E-state index contributed by atoms with van der Waals surface area (Å²) in [6.45, 7) is 6.44. The molecule has 2 aromatic carbocycles. The molecule has 2 amide bonds. The Morgan fingerprint density at radius 2 is 1.89 bits per heavy atom. The van der Waals surface area contributed by atoms with E-state index in [0.717, 1.165) is 47.8 Å². The Morgan fingerprint density at radius 3 is 2.63 bits per heavy atom. The molecule has 1 saturated heterocycles. The van der Waals surface area contributed by atoms with E-state index in [2.05, 4.69) is 43.7 Å². The second kappa shape index (κ2) is 9.89.